The van der Waals surface area contributed by atoms with Gasteiger partial charge in [-0.1, -0.05) is 236 Å². The molecule has 3 atom stereocenters. The van der Waals surface area contributed by atoms with Crippen LogP contribution in [0, 0.1) is 0 Å². The van der Waals surface area contributed by atoms with Crippen molar-refractivity contribution < 1.29 is 24.5 Å². The number of hydrogen-bond acceptors (Lipinski definition) is 5. The average Bonchev–Trinajstić information content (AvgIpc) is 3.25. The van der Waals surface area contributed by atoms with E-state index in [2.05, 4.69) is 86.8 Å². The highest BCUT2D eigenvalue weighted by Crippen LogP contribution is 2.17. The van der Waals surface area contributed by atoms with E-state index in [1.807, 2.05) is 0 Å². The number of rotatable bonds is 46. The van der Waals surface area contributed by atoms with Crippen LogP contribution >= 0.6 is 0 Å². The molecular weight excluding hydrogens is 755 g/mol. The zero-order valence-electron chi connectivity index (χ0n) is 40.3. The number of allylic oxidation sites excluding steroid dienone is 10. The van der Waals surface area contributed by atoms with Crippen LogP contribution in [0.4, 0.5) is 0 Å². The minimum atomic E-state index is -0.802. The van der Waals surface area contributed by atoms with Crippen LogP contribution in [0.3, 0.4) is 0 Å². The molecule has 0 aromatic heterocycles. The summed E-state index contributed by atoms with van der Waals surface area (Å²) in [4.78, 5) is 26.1. The first-order valence-electron chi connectivity index (χ1n) is 26.0. The summed E-state index contributed by atoms with van der Waals surface area (Å²) >= 11 is 0. The third-order valence-corrected chi connectivity index (χ3v) is 11.6. The molecule has 0 aliphatic rings. The van der Waals surface area contributed by atoms with E-state index in [-0.39, 0.29) is 24.9 Å². The van der Waals surface area contributed by atoms with Gasteiger partial charge in [0.1, 0.15) is 6.10 Å². The van der Waals surface area contributed by atoms with E-state index in [0.717, 1.165) is 83.5 Å². The maximum absolute atomic E-state index is 13.2. The molecule has 0 aliphatic carbocycles. The van der Waals surface area contributed by atoms with E-state index in [1.165, 1.54) is 122 Å². The van der Waals surface area contributed by atoms with Gasteiger partial charge in [-0.2, -0.15) is 0 Å². The predicted octanol–water partition coefficient (Wildman–Crippen LogP) is 15.6. The van der Waals surface area contributed by atoms with Crippen molar-refractivity contribution in [3.05, 3.63) is 60.8 Å². The fraction of sp³-hybridized carbons (Fsp3) is 0.782. The molecule has 3 unspecified atom stereocenters. The van der Waals surface area contributed by atoms with Crippen molar-refractivity contribution in [3.63, 3.8) is 0 Å². The lowest BCUT2D eigenvalue weighted by Gasteiger charge is -2.24. The molecular formula is C55H99NO5. The average molecular weight is 854 g/mol. The highest BCUT2D eigenvalue weighted by atomic mass is 16.5. The first-order valence-corrected chi connectivity index (χ1v) is 26.0. The Labute approximate surface area is 378 Å². The number of carbonyl (C=O) groups is 2. The number of nitrogens with one attached hydrogen (secondary N) is 1. The fourth-order valence-electron chi connectivity index (χ4n) is 7.70. The Balaban J connectivity index is 4.64. The lowest BCUT2D eigenvalue weighted by Crippen LogP contribution is -2.46. The van der Waals surface area contributed by atoms with Crippen molar-refractivity contribution >= 4 is 11.9 Å². The van der Waals surface area contributed by atoms with E-state index in [1.54, 1.807) is 0 Å². The van der Waals surface area contributed by atoms with Gasteiger partial charge in [0.25, 0.3) is 0 Å². The Morgan fingerprint density at radius 2 is 0.885 bits per heavy atom. The molecule has 0 aromatic carbocycles. The van der Waals surface area contributed by atoms with E-state index in [9.17, 15) is 19.8 Å². The molecule has 0 saturated heterocycles. The van der Waals surface area contributed by atoms with Crippen LogP contribution in [0.2, 0.25) is 0 Å². The quantitative estimate of drug-likeness (QED) is 0.0322. The molecule has 61 heavy (non-hydrogen) atoms. The number of esters is 1. The largest absolute Gasteiger partial charge is 0.462 e. The van der Waals surface area contributed by atoms with Gasteiger partial charge in [-0.3, -0.25) is 9.59 Å². The minimum absolute atomic E-state index is 0.0393. The SMILES string of the molecule is CC/C=C\C/C=C\C/C=C\C/C=C\C/C=C\CCCC(CC(=O)NC(CO)C(O)CCCCCCCCCCCCCCCCC)OC(=O)CCCCCCCCCCCC. The summed E-state index contributed by atoms with van der Waals surface area (Å²) in [5, 5.41) is 23.8. The number of carbonyl (C=O) groups excluding carboxylic acids is 2. The van der Waals surface area contributed by atoms with Crippen molar-refractivity contribution in [2.75, 3.05) is 6.61 Å². The van der Waals surface area contributed by atoms with Crippen molar-refractivity contribution in [2.45, 2.75) is 270 Å². The third kappa shape index (κ3) is 44.0. The molecule has 0 radical (unpaired) electrons. The van der Waals surface area contributed by atoms with Gasteiger partial charge in [0, 0.05) is 6.42 Å². The Morgan fingerprint density at radius 3 is 1.31 bits per heavy atom. The summed E-state index contributed by atoms with van der Waals surface area (Å²) in [6.45, 7) is 6.35. The second kappa shape index (κ2) is 48.6. The van der Waals surface area contributed by atoms with Crippen LogP contribution in [-0.4, -0.2) is 46.9 Å². The zero-order valence-corrected chi connectivity index (χ0v) is 40.3. The Morgan fingerprint density at radius 1 is 0.492 bits per heavy atom. The minimum Gasteiger partial charge on any atom is -0.462 e. The van der Waals surface area contributed by atoms with Crippen molar-refractivity contribution in [3.8, 4) is 0 Å². The van der Waals surface area contributed by atoms with E-state index in [0.29, 0.717) is 19.3 Å². The highest BCUT2D eigenvalue weighted by molar-refractivity contribution is 5.77. The molecule has 1 amide bonds. The first-order chi connectivity index (χ1) is 30.0. The van der Waals surface area contributed by atoms with Gasteiger partial charge in [0.15, 0.2) is 0 Å². The topological polar surface area (TPSA) is 95.9 Å². The monoisotopic (exact) mass is 854 g/mol. The lowest BCUT2D eigenvalue weighted by molar-refractivity contribution is -0.151. The Hall–Kier alpha value is -2.44. The molecule has 0 rings (SSSR count). The highest BCUT2D eigenvalue weighted by Gasteiger charge is 2.24. The molecule has 3 N–H and O–H groups in total. The third-order valence-electron chi connectivity index (χ3n) is 11.6. The molecule has 0 aliphatic heterocycles. The molecule has 0 spiro atoms. The maximum Gasteiger partial charge on any atom is 0.306 e. The van der Waals surface area contributed by atoms with Gasteiger partial charge in [-0.15, -0.1) is 0 Å². The Bertz CT molecular complexity index is 1090. The molecule has 0 bridgehead atoms. The molecule has 0 saturated carbocycles. The standard InChI is InChI=1S/C55H99NO5/c1-4-7-10-13-16-19-22-24-26-27-29-30-32-34-37-40-43-46-51(61-55(60)48-45-42-39-36-21-18-15-12-9-6-3)49-54(59)56-52(50-57)53(58)47-44-41-38-35-33-31-28-25-23-20-17-14-11-8-5-2/h7,10,16,19,24,26,29-30,34,37,51-53,57-58H,4-6,8-9,11-15,17-18,20-23,25,27-28,31-33,35-36,38-50H2,1-3H3,(H,56,59)/b10-7-,19-16-,26-24-,30-29-,37-34-. The van der Waals surface area contributed by atoms with Gasteiger partial charge < -0.3 is 20.3 Å². The normalized spacial score (nSPS) is 13.7. The molecule has 0 aromatic rings. The summed E-state index contributed by atoms with van der Waals surface area (Å²) in [7, 11) is 0. The van der Waals surface area contributed by atoms with Crippen LogP contribution in [0.5, 0.6) is 0 Å². The maximum atomic E-state index is 13.2. The summed E-state index contributed by atoms with van der Waals surface area (Å²) in [5.41, 5.74) is 0. The molecule has 6 heteroatoms. The fourth-order valence-corrected chi connectivity index (χ4v) is 7.70. The second-order valence-electron chi connectivity index (χ2n) is 17.5. The van der Waals surface area contributed by atoms with Gasteiger partial charge >= 0.3 is 5.97 Å². The molecule has 0 fully saturated rings. The summed E-state index contributed by atoms with van der Waals surface area (Å²) in [5.74, 6) is -0.527. The second-order valence-corrected chi connectivity index (χ2v) is 17.5. The summed E-state index contributed by atoms with van der Waals surface area (Å²) in [6.07, 6.45) is 60.0. The van der Waals surface area contributed by atoms with Crippen molar-refractivity contribution in [1.82, 2.24) is 5.32 Å². The number of ether oxygens (including phenoxy) is 1. The number of aliphatic hydroxyl groups excluding tert-OH is 2. The van der Waals surface area contributed by atoms with Crippen LogP contribution in [0.25, 0.3) is 0 Å². The molecule has 6 nitrogen and oxygen atoms in total. The lowest BCUT2D eigenvalue weighted by atomic mass is 10.0. The Kier molecular flexibility index (Phi) is 46.6. The van der Waals surface area contributed by atoms with Crippen LogP contribution in [0.1, 0.15) is 252 Å². The van der Waals surface area contributed by atoms with Gasteiger partial charge in [0.2, 0.25) is 5.91 Å². The summed E-state index contributed by atoms with van der Waals surface area (Å²) < 4.78 is 5.90. The van der Waals surface area contributed by atoms with E-state index >= 15 is 0 Å². The number of unbranched alkanes of at least 4 members (excludes halogenated alkanes) is 24. The van der Waals surface area contributed by atoms with Crippen molar-refractivity contribution in [1.29, 1.82) is 0 Å². The molecule has 354 valence electrons. The van der Waals surface area contributed by atoms with Gasteiger partial charge in [0.05, 0.1) is 25.2 Å². The van der Waals surface area contributed by atoms with E-state index in [4.69, 9.17) is 4.74 Å². The summed E-state index contributed by atoms with van der Waals surface area (Å²) in [6, 6.07) is -0.719. The number of hydrogen-bond donors (Lipinski definition) is 3. The van der Waals surface area contributed by atoms with E-state index < -0.39 is 18.2 Å². The van der Waals surface area contributed by atoms with Crippen molar-refractivity contribution in [2.24, 2.45) is 0 Å². The smallest absolute Gasteiger partial charge is 0.306 e. The van der Waals surface area contributed by atoms with Gasteiger partial charge in [-0.05, 0) is 64.2 Å². The predicted molar refractivity (Wildman–Crippen MR) is 264 cm³/mol. The van der Waals surface area contributed by atoms with Gasteiger partial charge in [-0.25, -0.2) is 0 Å². The van der Waals surface area contributed by atoms with Crippen LogP contribution < -0.4 is 5.32 Å². The zero-order chi connectivity index (χ0) is 44.5. The molecule has 0 heterocycles. The number of aliphatic hydroxyl groups is 2. The van der Waals surface area contributed by atoms with Crippen LogP contribution in [0.15, 0.2) is 60.8 Å². The van der Waals surface area contributed by atoms with Crippen LogP contribution in [-0.2, 0) is 14.3 Å². The first kappa shape index (κ1) is 58.6. The number of amides is 1.